The second kappa shape index (κ2) is 19.6. The molecule has 0 aromatic heterocycles. The van der Waals surface area contributed by atoms with Crippen molar-refractivity contribution in [3.05, 3.63) is 0 Å². The van der Waals surface area contributed by atoms with Crippen LogP contribution < -0.4 is 39.8 Å². The van der Waals surface area contributed by atoms with Crippen LogP contribution in [0.4, 0.5) is 0 Å². The minimum Gasteiger partial charge on any atom is -1.00 e. The third-order valence-corrected chi connectivity index (χ3v) is 9.00. The van der Waals surface area contributed by atoms with Crippen molar-refractivity contribution < 1.29 is 95.3 Å². The van der Waals surface area contributed by atoms with Gasteiger partial charge in [-0.1, -0.05) is 0 Å². The molecule has 1 aliphatic carbocycles. The number of ether oxygens (including phenoxy) is 4. The molecule has 52 heavy (non-hydrogen) atoms. The van der Waals surface area contributed by atoms with E-state index in [-0.39, 0.29) is 25.3 Å². The summed E-state index contributed by atoms with van der Waals surface area (Å²) >= 11 is 0. The van der Waals surface area contributed by atoms with Crippen LogP contribution in [0.5, 0.6) is 0 Å². The summed E-state index contributed by atoms with van der Waals surface area (Å²) in [6.45, 7) is 1.26. The summed E-state index contributed by atoms with van der Waals surface area (Å²) in [7, 11) is 2.91. The molecule has 0 aromatic rings. The number of hydrogen-bond acceptors (Lipinski definition) is 17. The number of phosphoric acid groups is 1. The van der Waals surface area contributed by atoms with E-state index in [1.807, 2.05) is 21.1 Å². The van der Waals surface area contributed by atoms with Crippen LogP contribution in [0.3, 0.4) is 0 Å². The van der Waals surface area contributed by atoms with E-state index in [4.69, 9.17) is 51.0 Å². The molecule has 0 aromatic carbocycles. The van der Waals surface area contributed by atoms with Gasteiger partial charge >= 0.3 is 7.82 Å². The summed E-state index contributed by atoms with van der Waals surface area (Å²) in [5.74, 6) is -1.29. The van der Waals surface area contributed by atoms with Crippen LogP contribution in [-0.4, -0.2) is 207 Å². The van der Waals surface area contributed by atoms with Gasteiger partial charge in [0.15, 0.2) is 36.4 Å². The van der Waals surface area contributed by atoms with E-state index in [2.05, 4.69) is 20.5 Å². The number of hydrogen-bond donors (Lipinski definition) is 16. The maximum absolute atomic E-state index is 12.1. The molecule has 306 valence electrons. The van der Waals surface area contributed by atoms with Crippen molar-refractivity contribution in [3.8, 4) is 0 Å². The number of aliphatic hydroxyl groups is 7. The molecular formula is C26H54ClN8O16P. The predicted octanol–water partition coefficient (Wildman–Crippen LogP) is -10.9. The lowest BCUT2D eigenvalue weighted by Crippen LogP contribution is -3.00. The Hall–Kier alpha value is -1.91. The summed E-state index contributed by atoms with van der Waals surface area (Å²) in [4.78, 5) is 28.7. The lowest BCUT2D eigenvalue weighted by Gasteiger charge is -2.47. The number of halogens is 1. The van der Waals surface area contributed by atoms with Crippen LogP contribution in [0.1, 0.15) is 6.92 Å². The first kappa shape index (κ1) is 48.1. The number of quaternary nitrogens is 1. The van der Waals surface area contributed by atoms with Crippen molar-refractivity contribution in [1.29, 1.82) is 10.8 Å². The van der Waals surface area contributed by atoms with E-state index in [0.717, 1.165) is 0 Å². The fraction of sp³-hybridized carbons (Fsp3) is 0.885. The molecule has 24 nitrogen and oxygen atoms in total. The normalized spacial score (nSPS) is 39.3. The minimum absolute atomic E-state index is 0. The van der Waals surface area contributed by atoms with Crippen molar-refractivity contribution in [3.63, 3.8) is 0 Å². The fourth-order valence-electron chi connectivity index (χ4n) is 5.61. The first-order chi connectivity index (χ1) is 23.4. The molecular weight excluding hydrogens is 747 g/mol. The van der Waals surface area contributed by atoms with Crippen molar-refractivity contribution >= 4 is 26.0 Å². The number of aldehydes is 1. The Labute approximate surface area is 305 Å². The Morgan fingerprint density at radius 2 is 1.44 bits per heavy atom. The van der Waals surface area contributed by atoms with Gasteiger partial charge in [-0.05, 0) is 14.0 Å². The molecule has 0 spiro atoms. The van der Waals surface area contributed by atoms with Crippen LogP contribution in [-0.2, 0) is 32.8 Å². The first-order valence-corrected chi connectivity index (χ1v) is 17.2. The van der Waals surface area contributed by atoms with Gasteiger partial charge in [-0.15, -0.1) is 0 Å². The molecule has 2 aliphatic heterocycles. The SMILES string of the molecule is CN[C@@H]1[C@H](O[C@H]2[C@H](O[C@H]3[C@H](O)[C@@H](O)[C@H](NC(=N)N)[C@@H](O)[C@@H]3NC(=N)N)O[C@@H](C)[C@]2(O)C=O)O[C@@H](CO)[C@H](O)[C@H]1O.C[N+](C)(C)CCOP(=O)(O)O.[Cl-]. The van der Waals surface area contributed by atoms with Crippen molar-refractivity contribution in [1.82, 2.24) is 16.0 Å². The zero-order chi connectivity index (χ0) is 39.2. The smallest absolute Gasteiger partial charge is 0.469 e. The van der Waals surface area contributed by atoms with Gasteiger partial charge in [-0.2, -0.15) is 0 Å². The fourth-order valence-corrected chi connectivity index (χ4v) is 5.93. The molecule has 15 atom stereocenters. The summed E-state index contributed by atoms with van der Waals surface area (Å²) < 4.78 is 38.0. The number of phosphoric ester groups is 1. The molecule has 3 fully saturated rings. The highest BCUT2D eigenvalue weighted by atomic mass is 35.5. The average molecular weight is 801 g/mol. The van der Waals surface area contributed by atoms with Gasteiger partial charge in [-0.25, -0.2) is 4.57 Å². The highest BCUT2D eigenvalue weighted by Gasteiger charge is 2.60. The maximum atomic E-state index is 12.1. The zero-order valence-corrected chi connectivity index (χ0v) is 30.7. The number of carbonyl (C=O) groups is 1. The summed E-state index contributed by atoms with van der Waals surface area (Å²) in [6, 6.07) is -3.95. The minimum atomic E-state index is -4.26. The molecule has 1 saturated carbocycles. The third kappa shape index (κ3) is 12.3. The van der Waals surface area contributed by atoms with Gasteiger partial charge in [0.1, 0.15) is 55.9 Å². The van der Waals surface area contributed by atoms with Crippen LogP contribution in [0, 0.1) is 10.8 Å². The molecule has 26 heteroatoms. The molecule has 2 heterocycles. The van der Waals surface area contributed by atoms with Crippen molar-refractivity contribution in [2.24, 2.45) is 11.5 Å². The largest absolute Gasteiger partial charge is 1.00 e. The zero-order valence-electron chi connectivity index (χ0n) is 29.1. The highest BCUT2D eigenvalue weighted by Crippen LogP contribution is 2.38. The Balaban J connectivity index is 0.000000973. The lowest BCUT2D eigenvalue weighted by molar-refractivity contribution is -0.870. The quantitative estimate of drug-likeness (QED) is 0.0270. The first-order valence-electron chi connectivity index (χ1n) is 15.6. The monoisotopic (exact) mass is 800 g/mol. The van der Waals surface area contributed by atoms with Gasteiger partial charge in [0.25, 0.3) is 0 Å². The Morgan fingerprint density at radius 3 is 1.90 bits per heavy atom. The van der Waals surface area contributed by atoms with Gasteiger partial charge in [0, 0.05) is 0 Å². The maximum Gasteiger partial charge on any atom is 0.469 e. The summed E-state index contributed by atoms with van der Waals surface area (Å²) in [6.07, 6.45) is -17.3. The summed E-state index contributed by atoms with van der Waals surface area (Å²) in [5, 5.41) is 96.4. The number of rotatable bonds is 13. The van der Waals surface area contributed by atoms with Crippen LogP contribution in [0.25, 0.3) is 0 Å². The molecule has 3 aliphatic rings. The van der Waals surface area contributed by atoms with Crippen LogP contribution in [0.2, 0.25) is 0 Å². The predicted molar refractivity (Wildman–Crippen MR) is 172 cm³/mol. The molecule has 18 N–H and O–H groups in total. The van der Waals surface area contributed by atoms with Crippen LogP contribution in [0.15, 0.2) is 0 Å². The van der Waals surface area contributed by atoms with E-state index < -0.39 is 118 Å². The lowest BCUT2D eigenvalue weighted by atomic mass is 9.81. The van der Waals surface area contributed by atoms with Gasteiger partial charge in [0.05, 0.1) is 58.1 Å². The number of nitrogens with one attached hydrogen (secondary N) is 5. The van der Waals surface area contributed by atoms with E-state index in [9.17, 15) is 45.1 Å². The Bertz CT molecular complexity index is 1220. The highest BCUT2D eigenvalue weighted by molar-refractivity contribution is 7.46. The average Bonchev–Trinajstić information content (AvgIpc) is 3.24. The van der Waals surface area contributed by atoms with E-state index in [1.54, 1.807) is 0 Å². The van der Waals surface area contributed by atoms with Crippen molar-refractivity contribution in [2.45, 2.75) is 98.2 Å². The van der Waals surface area contributed by atoms with E-state index >= 15 is 0 Å². The molecule has 0 unspecified atom stereocenters. The second-order valence-electron chi connectivity index (χ2n) is 13.3. The van der Waals surface area contributed by atoms with Crippen molar-refractivity contribution in [2.75, 3.05) is 47.9 Å². The van der Waals surface area contributed by atoms with Crippen LogP contribution >= 0.6 is 7.82 Å². The third-order valence-electron chi connectivity index (χ3n) is 8.48. The molecule has 3 rings (SSSR count). The number of carbonyl (C=O) groups excluding carboxylic acids is 1. The molecule has 0 radical (unpaired) electrons. The number of likely N-dealkylation sites (N-methyl/N-ethyl adjacent to an activating group) is 2. The van der Waals surface area contributed by atoms with Gasteiger partial charge in [-0.3, -0.25) is 20.1 Å². The van der Waals surface area contributed by atoms with E-state index in [1.165, 1.54) is 14.0 Å². The standard InChI is InChI=1S/C21H39N7O12.C5H14NO4P.ClH/c1-5-21(36,4-30)16(40-17-9(26-2)13(34)10(31)6(3-29)38-17)18(37-5)39-15-8(28-20(24)25)11(32)7(27-19(22)23)12(33)14(15)35;1-6(2,3)4-5-10-11(7,8)9;/h4-18,26,29,31-36H,3H2,1-2H3,(H4,22,23,27)(H4,24,25,28);4-5H2,1-3H3,(H-,7,8,9);1H/t5-,6-,7+,8-,9-,10-,11+,12-,13-,14+,15+,16-,17-,18-,21+;;/m0../s1. The van der Waals surface area contributed by atoms with E-state index in [0.29, 0.717) is 11.0 Å². The Kier molecular flexibility index (Phi) is 18.1. The number of nitrogens with zero attached hydrogens (tertiary/aromatic N) is 1. The molecule has 0 amide bonds. The number of guanidine groups is 2. The molecule has 2 saturated heterocycles. The number of aliphatic hydroxyl groups excluding tert-OH is 6. The Morgan fingerprint density at radius 1 is 0.904 bits per heavy atom. The second-order valence-corrected chi connectivity index (χ2v) is 14.5. The summed E-state index contributed by atoms with van der Waals surface area (Å²) in [5.41, 5.74) is 8.38. The van der Waals surface area contributed by atoms with Gasteiger partial charge < -0.3 is 109 Å². The number of nitrogens with two attached hydrogens (primary N) is 2. The topological polar surface area (TPSA) is 398 Å². The molecule has 0 bridgehead atoms. The van der Waals surface area contributed by atoms with Gasteiger partial charge in [0.2, 0.25) is 0 Å².